The van der Waals surface area contributed by atoms with Gasteiger partial charge in [0.2, 0.25) is 0 Å². The molecule has 6 aromatic heterocycles. The van der Waals surface area contributed by atoms with Gasteiger partial charge in [-0.15, -0.1) is 0 Å². The van der Waals surface area contributed by atoms with Crippen LogP contribution in [0.3, 0.4) is 0 Å². The Labute approximate surface area is 195 Å². The first-order chi connectivity index (χ1) is 16.5. The maximum atomic E-state index is 4.61. The van der Waals surface area contributed by atoms with Gasteiger partial charge in [0.05, 0.1) is 22.6 Å². The summed E-state index contributed by atoms with van der Waals surface area (Å²) in [7, 11) is 0. The van der Waals surface area contributed by atoms with E-state index in [0.29, 0.717) is 6.04 Å². The Bertz CT molecular complexity index is 1640. The lowest BCUT2D eigenvalue weighted by Gasteiger charge is -2.10. The van der Waals surface area contributed by atoms with Crippen LogP contribution in [-0.4, -0.2) is 45.7 Å². The van der Waals surface area contributed by atoms with E-state index in [4.69, 9.17) is 0 Å². The zero-order valence-corrected chi connectivity index (χ0v) is 19.0. The number of aromatic amines is 2. The monoisotopic (exact) mass is 449 g/mol. The number of H-pyrrole nitrogens is 2. The number of fused-ring (bicyclic) bond motifs is 2. The molecular formula is C25H23N9. The van der Waals surface area contributed by atoms with E-state index in [9.17, 15) is 0 Å². The summed E-state index contributed by atoms with van der Waals surface area (Å²) in [6, 6.07) is 8.55. The molecule has 0 atom stereocenters. The molecule has 0 aliphatic heterocycles. The minimum absolute atomic E-state index is 0.325. The number of nitrogens with one attached hydrogen (secondary N) is 3. The molecule has 0 saturated carbocycles. The van der Waals surface area contributed by atoms with Gasteiger partial charge in [-0.25, -0.2) is 15.0 Å². The van der Waals surface area contributed by atoms with Crippen molar-refractivity contribution in [3.63, 3.8) is 0 Å². The zero-order valence-electron chi connectivity index (χ0n) is 19.0. The molecule has 9 nitrogen and oxygen atoms in total. The molecule has 0 amide bonds. The van der Waals surface area contributed by atoms with Gasteiger partial charge >= 0.3 is 0 Å². The van der Waals surface area contributed by atoms with Gasteiger partial charge in [-0.05, 0) is 45.0 Å². The van der Waals surface area contributed by atoms with E-state index in [0.717, 1.165) is 61.7 Å². The summed E-state index contributed by atoms with van der Waals surface area (Å²) in [6.07, 6.45) is 11.1. The van der Waals surface area contributed by atoms with E-state index in [1.165, 1.54) is 0 Å². The van der Waals surface area contributed by atoms with Crippen LogP contribution in [0, 0.1) is 6.92 Å². The number of aromatic nitrogens is 8. The molecule has 0 saturated heterocycles. The Balaban J connectivity index is 1.45. The second-order valence-electron chi connectivity index (χ2n) is 8.65. The number of hydrogen-bond donors (Lipinski definition) is 3. The van der Waals surface area contributed by atoms with Gasteiger partial charge < -0.3 is 10.3 Å². The molecule has 0 aliphatic rings. The molecule has 168 valence electrons. The molecule has 0 fully saturated rings. The standard InChI is InChI=1S/C25H23N9/c1-14(2)30-18-6-16(9-26-11-18)17-7-20-23(32-33-24(20)28-10-17)22-8-19-21(31-22)4-5-27-25(19)34-12-15(3)29-13-34/h4-14,30-31H,1-3H3,(H,28,32,33). The molecule has 6 rings (SSSR count). The highest BCUT2D eigenvalue weighted by Gasteiger charge is 2.16. The number of anilines is 1. The van der Waals surface area contributed by atoms with Gasteiger partial charge in [0, 0.05) is 58.9 Å². The van der Waals surface area contributed by atoms with Crippen molar-refractivity contribution < 1.29 is 0 Å². The van der Waals surface area contributed by atoms with Crippen molar-refractivity contribution in [2.24, 2.45) is 0 Å². The van der Waals surface area contributed by atoms with Gasteiger partial charge in [-0.3, -0.25) is 14.6 Å². The lowest BCUT2D eigenvalue weighted by Crippen LogP contribution is -2.09. The van der Waals surface area contributed by atoms with Crippen LogP contribution in [0.5, 0.6) is 0 Å². The number of rotatable bonds is 5. The van der Waals surface area contributed by atoms with Gasteiger partial charge in [-0.2, -0.15) is 5.10 Å². The number of pyridine rings is 3. The smallest absolute Gasteiger partial charge is 0.155 e. The van der Waals surface area contributed by atoms with Gasteiger partial charge in [0.25, 0.3) is 0 Å². The quantitative estimate of drug-likeness (QED) is 0.346. The topological polar surface area (TPSA) is 113 Å². The van der Waals surface area contributed by atoms with Crippen LogP contribution in [0.25, 0.3) is 50.3 Å². The first kappa shape index (κ1) is 20.1. The van der Waals surface area contributed by atoms with E-state index in [2.05, 4.69) is 72.5 Å². The third kappa shape index (κ3) is 3.47. The molecule has 9 heteroatoms. The van der Waals surface area contributed by atoms with Crippen LogP contribution >= 0.6 is 0 Å². The molecule has 0 aliphatic carbocycles. The zero-order chi connectivity index (χ0) is 23.2. The predicted octanol–water partition coefficient (Wildman–Crippen LogP) is 4.88. The Hall–Kier alpha value is -4.53. The van der Waals surface area contributed by atoms with E-state index in [1.807, 2.05) is 42.3 Å². The Morgan fingerprint density at radius 2 is 1.85 bits per heavy atom. The van der Waals surface area contributed by atoms with Gasteiger partial charge in [-0.1, -0.05) is 0 Å². The Morgan fingerprint density at radius 3 is 2.68 bits per heavy atom. The molecule has 0 aromatic carbocycles. The molecule has 0 bridgehead atoms. The number of hydrogen-bond acceptors (Lipinski definition) is 6. The fraction of sp³-hybridized carbons (Fsp3) is 0.160. The normalized spacial score (nSPS) is 11.6. The highest BCUT2D eigenvalue weighted by Crippen LogP contribution is 2.32. The SMILES string of the molecule is Cc1cn(-c2nccc3[nH]c(-c4n[nH]c5ncc(-c6cncc(NC(C)C)c6)cc45)cc23)cn1. The lowest BCUT2D eigenvalue weighted by atomic mass is 10.1. The largest absolute Gasteiger partial charge is 0.382 e. The summed E-state index contributed by atoms with van der Waals surface area (Å²) < 4.78 is 1.93. The Morgan fingerprint density at radius 1 is 0.971 bits per heavy atom. The summed E-state index contributed by atoms with van der Waals surface area (Å²) in [5.74, 6) is 0.819. The van der Waals surface area contributed by atoms with Gasteiger partial charge in [0.15, 0.2) is 5.65 Å². The highest BCUT2D eigenvalue weighted by molar-refractivity contribution is 5.97. The van der Waals surface area contributed by atoms with Crippen molar-refractivity contribution in [2.45, 2.75) is 26.8 Å². The fourth-order valence-corrected chi connectivity index (χ4v) is 4.19. The van der Waals surface area contributed by atoms with E-state index >= 15 is 0 Å². The molecule has 0 unspecified atom stereocenters. The molecule has 3 N–H and O–H groups in total. The van der Waals surface area contributed by atoms with Crippen LogP contribution in [0.1, 0.15) is 19.5 Å². The van der Waals surface area contributed by atoms with Gasteiger partial charge in [0.1, 0.15) is 17.8 Å². The highest BCUT2D eigenvalue weighted by atomic mass is 15.2. The van der Waals surface area contributed by atoms with Crippen LogP contribution in [0.4, 0.5) is 5.69 Å². The van der Waals surface area contributed by atoms with Crippen LogP contribution in [0.2, 0.25) is 0 Å². The Kier molecular flexibility index (Phi) is 4.61. The summed E-state index contributed by atoms with van der Waals surface area (Å²) >= 11 is 0. The molecule has 6 heterocycles. The second kappa shape index (κ2) is 7.80. The molecule has 6 aromatic rings. The number of imidazole rings is 1. The van der Waals surface area contributed by atoms with E-state index < -0.39 is 0 Å². The molecule has 0 radical (unpaired) electrons. The number of nitrogens with zero attached hydrogens (tertiary/aromatic N) is 6. The second-order valence-corrected chi connectivity index (χ2v) is 8.65. The third-order valence-electron chi connectivity index (χ3n) is 5.68. The van der Waals surface area contributed by atoms with Crippen molar-refractivity contribution in [3.8, 4) is 28.3 Å². The molecule has 34 heavy (non-hydrogen) atoms. The summed E-state index contributed by atoms with van der Waals surface area (Å²) in [5.41, 5.74) is 7.28. The van der Waals surface area contributed by atoms with Crippen molar-refractivity contribution >= 4 is 27.6 Å². The lowest BCUT2D eigenvalue weighted by molar-refractivity contribution is 0.898. The van der Waals surface area contributed by atoms with E-state index in [1.54, 1.807) is 12.5 Å². The maximum absolute atomic E-state index is 4.61. The summed E-state index contributed by atoms with van der Waals surface area (Å²) in [6.45, 7) is 6.17. The summed E-state index contributed by atoms with van der Waals surface area (Å²) in [4.78, 5) is 21.4. The number of aryl methyl sites for hydroxylation is 1. The first-order valence-corrected chi connectivity index (χ1v) is 11.1. The average Bonchev–Trinajstić information content (AvgIpc) is 3.55. The van der Waals surface area contributed by atoms with Crippen molar-refractivity contribution in [3.05, 3.63) is 67.3 Å². The molecular weight excluding hydrogens is 426 g/mol. The van der Waals surface area contributed by atoms with Crippen molar-refractivity contribution in [2.75, 3.05) is 5.32 Å². The third-order valence-corrected chi connectivity index (χ3v) is 5.68. The van der Waals surface area contributed by atoms with Crippen molar-refractivity contribution in [1.82, 2.24) is 39.7 Å². The van der Waals surface area contributed by atoms with E-state index in [-0.39, 0.29) is 0 Å². The minimum Gasteiger partial charge on any atom is -0.382 e. The van der Waals surface area contributed by atoms with Crippen LogP contribution in [-0.2, 0) is 0 Å². The van der Waals surface area contributed by atoms with Crippen molar-refractivity contribution in [1.29, 1.82) is 0 Å². The van der Waals surface area contributed by atoms with Crippen LogP contribution < -0.4 is 5.32 Å². The first-order valence-electron chi connectivity index (χ1n) is 11.1. The summed E-state index contributed by atoms with van der Waals surface area (Å²) in [5, 5.41) is 13.0. The molecule has 0 spiro atoms. The minimum atomic E-state index is 0.325. The fourth-order valence-electron chi connectivity index (χ4n) is 4.19. The van der Waals surface area contributed by atoms with Crippen LogP contribution in [0.15, 0.2) is 61.6 Å². The predicted molar refractivity (Wildman–Crippen MR) is 133 cm³/mol. The average molecular weight is 450 g/mol. The maximum Gasteiger partial charge on any atom is 0.155 e.